The number of nitrogens with one attached hydrogen (secondary N) is 1. The maximum Gasteiger partial charge on any atom is 0.0333 e. The van der Waals surface area contributed by atoms with Crippen molar-refractivity contribution >= 4 is 0 Å². The highest BCUT2D eigenvalue weighted by Crippen LogP contribution is 2.29. The lowest BCUT2D eigenvalue weighted by Gasteiger charge is -2.26. The van der Waals surface area contributed by atoms with E-state index in [0.29, 0.717) is 5.92 Å². The predicted octanol–water partition coefficient (Wildman–Crippen LogP) is 2.04. The lowest BCUT2D eigenvalue weighted by molar-refractivity contribution is 0.462. The first-order chi connectivity index (χ1) is 7.63. The quantitative estimate of drug-likeness (QED) is 0.815. The SMILES string of the molecule is CCCc1ccc([C@H]2CNC[C@]2(C)N)cc1. The van der Waals surface area contributed by atoms with Gasteiger partial charge in [-0.15, -0.1) is 0 Å². The summed E-state index contributed by atoms with van der Waals surface area (Å²) in [6.07, 6.45) is 2.38. The Balaban J connectivity index is 2.15. The molecule has 2 rings (SSSR count). The van der Waals surface area contributed by atoms with Crippen LogP contribution in [0.3, 0.4) is 0 Å². The standard InChI is InChI=1S/C14H22N2/c1-3-4-11-5-7-12(8-6-11)13-9-16-10-14(13,2)15/h5-8,13,16H,3-4,9-10,15H2,1-2H3/t13-,14+/m1/s1. The van der Waals surface area contributed by atoms with Crippen molar-refractivity contribution in [2.75, 3.05) is 13.1 Å². The van der Waals surface area contributed by atoms with Crippen molar-refractivity contribution in [1.29, 1.82) is 0 Å². The summed E-state index contributed by atoms with van der Waals surface area (Å²) in [6.45, 7) is 6.26. The summed E-state index contributed by atoms with van der Waals surface area (Å²) in [4.78, 5) is 0. The first-order valence-electron chi connectivity index (χ1n) is 6.22. The Morgan fingerprint density at radius 2 is 2.06 bits per heavy atom. The third-order valence-electron chi connectivity index (χ3n) is 3.57. The summed E-state index contributed by atoms with van der Waals surface area (Å²) in [7, 11) is 0. The van der Waals surface area contributed by atoms with Crippen molar-refractivity contribution in [2.45, 2.75) is 38.1 Å². The van der Waals surface area contributed by atoms with Crippen LogP contribution in [0.4, 0.5) is 0 Å². The van der Waals surface area contributed by atoms with E-state index in [1.165, 1.54) is 24.0 Å². The molecule has 1 saturated heterocycles. The highest BCUT2D eigenvalue weighted by Gasteiger charge is 2.35. The Morgan fingerprint density at radius 3 is 2.56 bits per heavy atom. The zero-order valence-electron chi connectivity index (χ0n) is 10.3. The molecule has 1 heterocycles. The summed E-state index contributed by atoms with van der Waals surface area (Å²) < 4.78 is 0. The average molecular weight is 218 g/mol. The molecule has 1 aromatic rings. The molecule has 0 saturated carbocycles. The molecule has 88 valence electrons. The molecule has 0 unspecified atom stereocenters. The molecule has 0 spiro atoms. The lowest BCUT2D eigenvalue weighted by atomic mass is 9.84. The molecule has 1 aliphatic rings. The fourth-order valence-electron chi connectivity index (χ4n) is 2.55. The highest BCUT2D eigenvalue weighted by atomic mass is 15.0. The van der Waals surface area contributed by atoms with Gasteiger partial charge >= 0.3 is 0 Å². The molecule has 16 heavy (non-hydrogen) atoms. The van der Waals surface area contributed by atoms with Gasteiger partial charge in [-0.3, -0.25) is 0 Å². The van der Waals surface area contributed by atoms with Crippen molar-refractivity contribution in [2.24, 2.45) is 5.73 Å². The molecular weight excluding hydrogens is 196 g/mol. The average Bonchev–Trinajstić information content (AvgIpc) is 2.60. The normalized spacial score (nSPS) is 29.6. The third kappa shape index (κ3) is 2.28. The van der Waals surface area contributed by atoms with E-state index >= 15 is 0 Å². The second-order valence-corrected chi connectivity index (χ2v) is 5.18. The number of benzene rings is 1. The van der Waals surface area contributed by atoms with Crippen molar-refractivity contribution in [1.82, 2.24) is 5.32 Å². The zero-order chi connectivity index (χ0) is 11.6. The van der Waals surface area contributed by atoms with E-state index in [2.05, 4.69) is 43.4 Å². The van der Waals surface area contributed by atoms with Crippen molar-refractivity contribution < 1.29 is 0 Å². The van der Waals surface area contributed by atoms with Crippen LogP contribution in [0.25, 0.3) is 0 Å². The van der Waals surface area contributed by atoms with Gasteiger partial charge in [0.2, 0.25) is 0 Å². The van der Waals surface area contributed by atoms with Gasteiger partial charge in [0.1, 0.15) is 0 Å². The van der Waals surface area contributed by atoms with Gasteiger partial charge in [0, 0.05) is 24.5 Å². The van der Waals surface area contributed by atoms with Gasteiger partial charge in [0.25, 0.3) is 0 Å². The molecule has 1 aromatic carbocycles. The predicted molar refractivity (Wildman–Crippen MR) is 68.6 cm³/mol. The Labute approximate surface area is 98.2 Å². The van der Waals surface area contributed by atoms with Gasteiger partial charge in [-0.1, -0.05) is 37.6 Å². The molecule has 0 amide bonds. The minimum Gasteiger partial charge on any atom is -0.324 e. The molecule has 0 aromatic heterocycles. The smallest absolute Gasteiger partial charge is 0.0333 e. The van der Waals surface area contributed by atoms with Crippen molar-refractivity contribution in [3.63, 3.8) is 0 Å². The number of hydrogen-bond acceptors (Lipinski definition) is 2. The minimum atomic E-state index is -0.105. The van der Waals surface area contributed by atoms with Crippen LogP contribution in [0.15, 0.2) is 24.3 Å². The van der Waals surface area contributed by atoms with Gasteiger partial charge in [-0.2, -0.15) is 0 Å². The van der Waals surface area contributed by atoms with Gasteiger partial charge in [0.15, 0.2) is 0 Å². The van der Waals surface area contributed by atoms with Crippen LogP contribution in [0.1, 0.15) is 37.3 Å². The van der Waals surface area contributed by atoms with E-state index in [-0.39, 0.29) is 5.54 Å². The van der Waals surface area contributed by atoms with E-state index in [0.717, 1.165) is 13.1 Å². The minimum absolute atomic E-state index is 0.105. The molecule has 2 heteroatoms. The van der Waals surface area contributed by atoms with Gasteiger partial charge in [-0.25, -0.2) is 0 Å². The lowest BCUT2D eigenvalue weighted by Crippen LogP contribution is -2.42. The summed E-state index contributed by atoms with van der Waals surface area (Å²) in [5.41, 5.74) is 8.98. The van der Waals surface area contributed by atoms with Crippen LogP contribution in [0.2, 0.25) is 0 Å². The molecule has 3 N–H and O–H groups in total. The third-order valence-corrected chi connectivity index (χ3v) is 3.57. The first-order valence-corrected chi connectivity index (χ1v) is 6.22. The Bertz CT molecular complexity index is 340. The molecule has 1 aliphatic heterocycles. The molecule has 2 nitrogen and oxygen atoms in total. The number of aryl methyl sites for hydroxylation is 1. The largest absolute Gasteiger partial charge is 0.324 e. The van der Waals surface area contributed by atoms with E-state index in [1.807, 2.05) is 0 Å². The summed E-state index contributed by atoms with van der Waals surface area (Å²) in [6, 6.07) is 8.97. The van der Waals surface area contributed by atoms with Crippen LogP contribution in [-0.4, -0.2) is 18.6 Å². The zero-order valence-corrected chi connectivity index (χ0v) is 10.3. The Kier molecular flexibility index (Phi) is 3.31. The van der Waals surface area contributed by atoms with Crippen LogP contribution >= 0.6 is 0 Å². The molecule has 2 atom stereocenters. The van der Waals surface area contributed by atoms with E-state index in [4.69, 9.17) is 5.73 Å². The van der Waals surface area contributed by atoms with E-state index in [1.54, 1.807) is 0 Å². The van der Waals surface area contributed by atoms with E-state index < -0.39 is 0 Å². The Hall–Kier alpha value is -0.860. The molecule has 1 fully saturated rings. The van der Waals surface area contributed by atoms with Gasteiger partial charge < -0.3 is 11.1 Å². The van der Waals surface area contributed by atoms with Gasteiger partial charge in [-0.05, 0) is 24.5 Å². The summed E-state index contributed by atoms with van der Waals surface area (Å²) in [5.74, 6) is 0.447. The summed E-state index contributed by atoms with van der Waals surface area (Å²) >= 11 is 0. The first kappa shape index (κ1) is 11.6. The molecular formula is C14H22N2. The van der Waals surface area contributed by atoms with E-state index in [9.17, 15) is 0 Å². The maximum absolute atomic E-state index is 6.29. The van der Waals surface area contributed by atoms with Crippen LogP contribution in [-0.2, 0) is 6.42 Å². The fraction of sp³-hybridized carbons (Fsp3) is 0.571. The maximum atomic E-state index is 6.29. The highest BCUT2D eigenvalue weighted by molar-refractivity contribution is 5.29. The van der Waals surface area contributed by atoms with Crippen LogP contribution in [0, 0.1) is 0 Å². The summed E-state index contributed by atoms with van der Waals surface area (Å²) in [5, 5.41) is 3.38. The topological polar surface area (TPSA) is 38.0 Å². The van der Waals surface area contributed by atoms with Crippen molar-refractivity contribution in [3.8, 4) is 0 Å². The molecule has 0 radical (unpaired) electrons. The van der Waals surface area contributed by atoms with Gasteiger partial charge in [0.05, 0.1) is 0 Å². The molecule has 0 bridgehead atoms. The second kappa shape index (κ2) is 4.56. The Morgan fingerprint density at radius 1 is 1.38 bits per heavy atom. The monoisotopic (exact) mass is 218 g/mol. The van der Waals surface area contributed by atoms with Crippen LogP contribution < -0.4 is 11.1 Å². The molecule has 0 aliphatic carbocycles. The number of hydrogen-bond donors (Lipinski definition) is 2. The number of nitrogens with two attached hydrogens (primary N) is 1. The fourth-order valence-corrected chi connectivity index (χ4v) is 2.55. The van der Waals surface area contributed by atoms with Crippen molar-refractivity contribution in [3.05, 3.63) is 35.4 Å². The van der Waals surface area contributed by atoms with Crippen LogP contribution in [0.5, 0.6) is 0 Å². The second-order valence-electron chi connectivity index (χ2n) is 5.18. The number of rotatable bonds is 3.